The van der Waals surface area contributed by atoms with E-state index in [0.717, 1.165) is 5.56 Å². The summed E-state index contributed by atoms with van der Waals surface area (Å²) >= 11 is 0. The molecule has 2 aromatic rings. The molecule has 0 radical (unpaired) electrons. The molecule has 0 bridgehead atoms. The quantitative estimate of drug-likeness (QED) is 0.829. The minimum Gasteiger partial charge on any atom is -0.346 e. The Balaban J connectivity index is 1.75. The van der Waals surface area contributed by atoms with E-state index in [2.05, 4.69) is 10.2 Å². The van der Waals surface area contributed by atoms with Gasteiger partial charge in [0.1, 0.15) is 5.82 Å². The van der Waals surface area contributed by atoms with E-state index in [1.165, 1.54) is 28.6 Å². The van der Waals surface area contributed by atoms with Crippen LogP contribution in [-0.4, -0.2) is 56.8 Å². The summed E-state index contributed by atoms with van der Waals surface area (Å²) < 4.78 is 40.3. The molecule has 28 heavy (non-hydrogen) atoms. The van der Waals surface area contributed by atoms with Crippen molar-refractivity contribution in [2.24, 2.45) is 0 Å². The van der Waals surface area contributed by atoms with Gasteiger partial charge in [-0.2, -0.15) is 4.31 Å². The summed E-state index contributed by atoms with van der Waals surface area (Å²) in [7, 11) is -1.69. The Morgan fingerprint density at radius 2 is 1.71 bits per heavy atom. The zero-order valence-electron chi connectivity index (χ0n) is 15.9. The van der Waals surface area contributed by atoms with Crippen LogP contribution in [0.3, 0.4) is 0 Å². The fourth-order valence-electron chi connectivity index (χ4n) is 3.09. The van der Waals surface area contributed by atoms with Crippen LogP contribution in [0.15, 0.2) is 53.4 Å². The normalized spacial score (nSPS) is 17.2. The standard InChI is InChI=1S/C20H24FN3O3S/c1-15(16-6-8-18(21)9-7-16)22-20(25)17-4-3-5-19(14-17)28(26,27)24-12-10-23(2)11-13-24/h3-9,14-15H,10-13H2,1-2H3,(H,22,25)/t15-/m0/s1. The van der Waals surface area contributed by atoms with E-state index < -0.39 is 10.0 Å². The molecule has 0 aromatic heterocycles. The molecule has 1 aliphatic heterocycles. The van der Waals surface area contributed by atoms with Gasteiger partial charge in [0.05, 0.1) is 10.9 Å². The van der Waals surface area contributed by atoms with Gasteiger partial charge in [0.2, 0.25) is 10.0 Å². The molecule has 1 fully saturated rings. The molecule has 0 unspecified atom stereocenters. The number of benzene rings is 2. The van der Waals surface area contributed by atoms with Gasteiger partial charge in [0.25, 0.3) is 5.91 Å². The molecule has 150 valence electrons. The second-order valence-electron chi connectivity index (χ2n) is 6.98. The van der Waals surface area contributed by atoms with Crippen LogP contribution >= 0.6 is 0 Å². The molecule has 8 heteroatoms. The minimum absolute atomic E-state index is 0.110. The van der Waals surface area contributed by atoms with Crippen molar-refractivity contribution in [2.75, 3.05) is 33.2 Å². The number of amides is 1. The lowest BCUT2D eigenvalue weighted by Crippen LogP contribution is -2.47. The van der Waals surface area contributed by atoms with Crippen LogP contribution in [0.5, 0.6) is 0 Å². The number of hydrogen-bond acceptors (Lipinski definition) is 4. The first-order chi connectivity index (χ1) is 13.3. The molecule has 2 aromatic carbocycles. The number of hydrogen-bond donors (Lipinski definition) is 1. The monoisotopic (exact) mass is 405 g/mol. The third kappa shape index (κ3) is 4.57. The first-order valence-electron chi connectivity index (χ1n) is 9.12. The van der Waals surface area contributed by atoms with Gasteiger partial charge in [-0.15, -0.1) is 0 Å². The molecule has 1 heterocycles. The largest absolute Gasteiger partial charge is 0.346 e. The first-order valence-corrected chi connectivity index (χ1v) is 10.6. The summed E-state index contributed by atoms with van der Waals surface area (Å²) in [6.07, 6.45) is 0. The third-order valence-electron chi connectivity index (χ3n) is 4.91. The lowest BCUT2D eigenvalue weighted by molar-refractivity contribution is 0.0939. The molecule has 0 saturated carbocycles. The number of likely N-dealkylation sites (N-methyl/N-ethyl adjacent to an activating group) is 1. The predicted octanol–water partition coefficient (Wildman–Crippen LogP) is 2.25. The van der Waals surface area contributed by atoms with Crippen LogP contribution in [-0.2, 0) is 10.0 Å². The van der Waals surface area contributed by atoms with Crippen LogP contribution in [0.25, 0.3) is 0 Å². The van der Waals surface area contributed by atoms with E-state index in [0.29, 0.717) is 26.2 Å². The molecular formula is C20H24FN3O3S. The van der Waals surface area contributed by atoms with Crippen LogP contribution in [0.1, 0.15) is 28.9 Å². The summed E-state index contributed by atoms with van der Waals surface area (Å²) in [4.78, 5) is 14.8. The molecule has 0 spiro atoms. The average molecular weight is 405 g/mol. The van der Waals surface area contributed by atoms with Crippen molar-refractivity contribution >= 4 is 15.9 Å². The van der Waals surface area contributed by atoms with Crippen LogP contribution in [0, 0.1) is 5.82 Å². The minimum atomic E-state index is -3.64. The molecule has 6 nitrogen and oxygen atoms in total. The van der Waals surface area contributed by atoms with Gasteiger partial charge in [-0.3, -0.25) is 4.79 Å². The molecule has 1 N–H and O–H groups in total. The fourth-order valence-corrected chi connectivity index (χ4v) is 4.56. The Hall–Kier alpha value is -2.29. The second-order valence-corrected chi connectivity index (χ2v) is 8.92. The maximum atomic E-state index is 13.1. The first kappa shape index (κ1) is 20.4. The van der Waals surface area contributed by atoms with Gasteiger partial charge in [0, 0.05) is 31.7 Å². The number of nitrogens with one attached hydrogen (secondary N) is 1. The van der Waals surface area contributed by atoms with Gasteiger partial charge < -0.3 is 10.2 Å². The molecule has 1 saturated heterocycles. The Morgan fingerprint density at radius 1 is 1.07 bits per heavy atom. The lowest BCUT2D eigenvalue weighted by atomic mass is 10.1. The zero-order chi connectivity index (χ0) is 20.3. The second kappa shape index (κ2) is 8.38. The molecule has 1 aliphatic rings. The summed E-state index contributed by atoms with van der Waals surface area (Å²) in [6.45, 7) is 3.99. The van der Waals surface area contributed by atoms with Crippen molar-refractivity contribution in [3.63, 3.8) is 0 Å². The van der Waals surface area contributed by atoms with Crippen LogP contribution in [0.2, 0.25) is 0 Å². The number of rotatable bonds is 5. The number of nitrogens with zero attached hydrogens (tertiary/aromatic N) is 2. The topological polar surface area (TPSA) is 69.7 Å². The van der Waals surface area contributed by atoms with Gasteiger partial charge in [0.15, 0.2) is 0 Å². The smallest absolute Gasteiger partial charge is 0.251 e. The third-order valence-corrected chi connectivity index (χ3v) is 6.81. The molecule has 1 amide bonds. The maximum Gasteiger partial charge on any atom is 0.251 e. The number of piperazine rings is 1. The van der Waals surface area contributed by atoms with Crippen molar-refractivity contribution in [3.05, 3.63) is 65.5 Å². The van der Waals surface area contributed by atoms with Crippen molar-refractivity contribution in [3.8, 4) is 0 Å². The highest BCUT2D eigenvalue weighted by Crippen LogP contribution is 2.20. The van der Waals surface area contributed by atoms with E-state index >= 15 is 0 Å². The van der Waals surface area contributed by atoms with Crippen molar-refractivity contribution in [1.29, 1.82) is 0 Å². The number of carbonyl (C=O) groups is 1. The zero-order valence-corrected chi connectivity index (χ0v) is 16.7. The highest BCUT2D eigenvalue weighted by atomic mass is 32.2. The summed E-state index contributed by atoms with van der Waals surface area (Å²) in [6, 6.07) is 11.6. The van der Waals surface area contributed by atoms with Gasteiger partial charge in [-0.05, 0) is 49.9 Å². The van der Waals surface area contributed by atoms with Gasteiger partial charge >= 0.3 is 0 Å². The molecular weight excluding hydrogens is 381 g/mol. The Labute approximate surface area is 165 Å². The fraction of sp³-hybridized carbons (Fsp3) is 0.350. The summed E-state index contributed by atoms with van der Waals surface area (Å²) in [5.41, 5.74) is 1.03. The lowest BCUT2D eigenvalue weighted by Gasteiger charge is -2.31. The van der Waals surface area contributed by atoms with E-state index in [9.17, 15) is 17.6 Å². The van der Waals surface area contributed by atoms with E-state index in [1.54, 1.807) is 31.2 Å². The number of carbonyl (C=O) groups excluding carboxylic acids is 1. The SMILES string of the molecule is C[C@H](NC(=O)c1cccc(S(=O)(=O)N2CCN(C)CC2)c1)c1ccc(F)cc1. The molecule has 0 aliphatic carbocycles. The van der Waals surface area contributed by atoms with Gasteiger partial charge in [-0.1, -0.05) is 18.2 Å². The molecule has 3 rings (SSSR count). The van der Waals surface area contributed by atoms with Crippen molar-refractivity contribution in [1.82, 2.24) is 14.5 Å². The van der Waals surface area contributed by atoms with E-state index in [-0.39, 0.29) is 28.2 Å². The van der Waals surface area contributed by atoms with Crippen LogP contribution in [0.4, 0.5) is 4.39 Å². The number of sulfonamides is 1. The van der Waals surface area contributed by atoms with Crippen molar-refractivity contribution < 1.29 is 17.6 Å². The van der Waals surface area contributed by atoms with E-state index in [4.69, 9.17) is 0 Å². The Kier molecular flexibility index (Phi) is 6.12. The predicted molar refractivity (Wildman–Crippen MR) is 105 cm³/mol. The highest BCUT2D eigenvalue weighted by Gasteiger charge is 2.28. The van der Waals surface area contributed by atoms with E-state index in [1.807, 2.05) is 7.05 Å². The average Bonchev–Trinajstić information content (AvgIpc) is 2.69. The number of halogens is 1. The summed E-state index contributed by atoms with van der Waals surface area (Å²) in [5.74, 6) is -0.726. The Bertz CT molecular complexity index is 939. The molecule has 1 atom stereocenters. The van der Waals surface area contributed by atoms with Gasteiger partial charge in [-0.25, -0.2) is 12.8 Å². The maximum absolute atomic E-state index is 13.1. The Morgan fingerprint density at radius 3 is 2.36 bits per heavy atom. The van der Waals surface area contributed by atoms with Crippen molar-refractivity contribution in [2.45, 2.75) is 17.9 Å². The highest BCUT2D eigenvalue weighted by molar-refractivity contribution is 7.89. The van der Waals surface area contributed by atoms with Crippen LogP contribution < -0.4 is 5.32 Å². The summed E-state index contributed by atoms with van der Waals surface area (Å²) in [5, 5.41) is 2.82.